The molecule has 0 spiro atoms. The molecule has 12 heavy (non-hydrogen) atoms. The minimum atomic E-state index is -0.999. The molecule has 0 heterocycles. The van der Waals surface area contributed by atoms with E-state index in [-0.39, 0.29) is 13.0 Å². The van der Waals surface area contributed by atoms with E-state index in [2.05, 4.69) is 0 Å². The molecule has 0 radical (unpaired) electrons. The topological polar surface area (TPSA) is 66.8 Å². The summed E-state index contributed by atoms with van der Waals surface area (Å²) in [5, 5.41) is 17.3. The van der Waals surface area contributed by atoms with E-state index in [1.807, 2.05) is 6.92 Å². The van der Waals surface area contributed by atoms with Crippen LogP contribution in [-0.4, -0.2) is 35.5 Å². The van der Waals surface area contributed by atoms with Gasteiger partial charge in [-0.05, 0) is 6.42 Å². The molecule has 1 atom stereocenters. The quantitative estimate of drug-likeness (QED) is 0.558. The molecule has 0 saturated heterocycles. The van der Waals surface area contributed by atoms with Crippen molar-refractivity contribution in [1.29, 1.82) is 0 Å². The molecule has 0 aromatic heterocycles. The average molecular weight is 176 g/mol. The van der Waals surface area contributed by atoms with Crippen LogP contribution < -0.4 is 0 Å². The first-order valence-corrected chi connectivity index (χ1v) is 4.14. The summed E-state index contributed by atoms with van der Waals surface area (Å²) in [5.41, 5.74) is 0. The van der Waals surface area contributed by atoms with Gasteiger partial charge >= 0.3 is 5.97 Å². The summed E-state index contributed by atoms with van der Waals surface area (Å²) in [6.07, 6.45) is 0.861. The number of rotatable bonds is 7. The van der Waals surface area contributed by atoms with Gasteiger partial charge in [0.15, 0.2) is 0 Å². The maximum atomic E-state index is 10.1. The first kappa shape index (κ1) is 11.4. The van der Waals surface area contributed by atoms with Crippen molar-refractivity contribution in [2.75, 3.05) is 13.2 Å². The monoisotopic (exact) mass is 176 g/mol. The number of aliphatic hydroxyl groups excluding tert-OH is 1. The molecule has 0 bridgehead atoms. The predicted molar refractivity (Wildman–Crippen MR) is 44.0 cm³/mol. The highest BCUT2D eigenvalue weighted by atomic mass is 16.5. The second-order valence-electron chi connectivity index (χ2n) is 2.68. The Kier molecular flexibility index (Phi) is 6.70. The van der Waals surface area contributed by atoms with Crippen molar-refractivity contribution in [3.8, 4) is 0 Å². The van der Waals surface area contributed by atoms with Crippen molar-refractivity contribution in [2.45, 2.75) is 32.3 Å². The molecule has 0 fully saturated rings. The van der Waals surface area contributed by atoms with Crippen molar-refractivity contribution in [2.24, 2.45) is 0 Å². The molecule has 0 amide bonds. The molecule has 1 unspecified atom stereocenters. The lowest BCUT2D eigenvalue weighted by Crippen LogP contribution is -2.19. The summed E-state index contributed by atoms with van der Waals surface area (Å²) in [6, 6.07) is 0. The van der Waals surface area contributed by atoms with E-state index in [0.29, 0.717) is 6.61 Å². The van der Waals surface area contributed by atoms with Crippen molar-refractivity contribution in [3.63, 3.8) is 0 Å². The normalized spacial score (nSPS) is 12.8. The number of unbranched alkanes of at least 4 members (excludes halogenated alkanes) is 1. The van der Waals surface area contributed by atoms with Gasteiger partial charge in [0.1, 0.15) is 0 Å². The maximum Gasteiger partial charge on any atom is 0.306 e. The molecule has 2 N–H and O–H groups in total. The van der Waals surface area contributed by atoms with Gasteiger partial charge in [0.25, 0.3) is 0 Å². The lowest BCUT2D eigenvalue weighted by Gasteiger charge is -2.07. The SMILES string of the molecule is CCCCOCC(O)CC(=O)O. The molecule has 0 aromatic carbocycles. The van der Waals surface area contributed by atoms with Gasteiger partial charge in [-0.15, -0.1) is 0 Å². The number of carbonyl (C=O) groups is 1. The van der Waals surface area contributed by atoms with Crippen molar-refractivity contribution in [3.05, 3.63) is 0 Å². The van der Waals surface area contributed by atoms with Gasteiger partial charge in [0, 0.05) is 6.61 Å². The Morgan fingerprint density at radius 2 is 2.25 bits per heavy atom. The van der Waals surface area contributed by atoms with E-state index >= 15 is 0 Å². The van der Waals surface area contributed by atoms with Gasteiger partial charge in [-0.2, -0.15) is 0 Å². The molecule has 0 rings (SSSR count). The van der Waals surface area contributed by atoms with E-state index in [1.54, 1.807) is 0 Å². The molecular weight excluding hydrogens is 160 g/mol. The Bertz CT molecular complexity index is 124. The van der Waals surface area contributed by atoms with Crippen LogP contribution in [0.5, 0.6) is 0 Å². The first-order valence-electron chi connectivity index (χ1n) is 4.14. The van der Waals surface area contributed by atoms with Gasteiger partial charge in [-0.3, -0.25) is 4.79 Å². The third-order valence-electron chi connectivity index (χ3n) is 1.36. The fraction of sp³-hybridized carbons (Fsp3) is 0.875. The van der Waals surface area contributed by atoms with Crippen LogP contribution in [0.1, 0.15) is 26.2 Å². The molecule has 4 nitrogen and oxygen atoms in total. The van der Waals surface area contributed by atoms with Gasteiger partial charge in [0.2, 0.25) is 0 Å². The van der Waals surface area contributed by atoms with E-state index in [0.717, 1.165) is 12.8 Å². The number of hydrogen-bond donors (Lipinski definition) is 2. The van der Waals surface area contributed by atoms with Gasteiger partial charge in [0.05, 0.1) is 19.1 Å². The Balaban J connectivity index is 3.19. The van der Waals surface area contributed by atoms with E-state index in [9.17, 15) is 4.79 Å². The first-order chi connectivity index (χ1) is 5.66. The molecule has 0 aliphatic rings. The van der Waals surface area contributed by atoms with E-state index in [4.69, 9.17) is 14.9 Å². The third-order valence-corrected chi connectivity index (χ3v) is 1.36. The number of aliphatic carboxylic acids is 1. The largest absolute Gasteiger partial charge is 0.481 e. The van der Waals surface area contributed by atoms with Crippen LogP contribution in [0.2, 0.25) is 0 Å². The van der Waals surface area contributed by atoms with E-state index < -0.39 is 12.1 Å². The summed E-state index contributed by atoms with van der Waals surface area (Å²) < 4.78 is 5.02. The molecule has 0 aliphatic carbocycles. The third kappa shape index (κ3) is 7.50. The maximum absolute atomic E-state index is 10.1. The fourth-order valence-corrected chi connectivity index (χ4v) is 0.726. The summed E-state index contributed by atoms with van der Waals surface area (Å²) in [5.74, 6) is -0.999. The fourth-order valence-electron chi connectivity index (χ4n) is 0.726. The minimum Gasteiger partial charge on any atom is -0.481 e. The Morgan fingerprint density at radius 1 is 1.58 bits per heavy atom. The molecule has 4 heteroatoms. The van der Waals surface area contributed by atoms with Crippen LogP contribution in [0, 0.1) is 0 Å². The van der Waals surface area contributed by atoms with Gasteiger partial charge in [-0.25, -0.2) is 0 Å². The lowest BCUT2D eigenvalue weighted by atomic mass is 10.3. The van der Waals surface area contributed by atoms with Crippen LogP contribution in [0.4, 0.5) is 0 Å². The standard InChI is InChI=1S/C8H16O4/c1-2-3-4-12-6-7(9)5-8(10)11/h7,9H,2-6H2,1H3,(H,10,11). The molecular formula is C8H16O4. The van der Waals surface area contributed by atoms with Gasteiger partial charge in [-0.1, -0.05) is 13.3 Å². The molecule has 0 aromatic rings. The summed E-state index contributed by atoms with van der Waals surface area (Å²) in [4.78, 5) is 10.1. The zero-order valence-corrected chi connectivity index (χ0v) is 7.32. The number of aliphatic hydroxyl groups is 1. The van der Waals surface area contributed by atoms with Crippen LogP contribution in [-0.2, 0) is 9.53 Å². The zero-order chi connectivity index (χ0) is 9.40. The van der Waals surface area contributed by atoms with Crippen LogP contribution >= 0.6 is 0 Å². The average Bonchev–Trinajstić information content (AvgIpc) is 1.97. The Labute approximate surface area is 72.2 Å². The number of hydrogen-bond acceptors (Lipinski definition) is 3. The van der Waals surface area contributed by atoms with E-state index in [1.165, 1.54) is 0 Å². The molecule has 72 valence electrons. The Hall–Kier alpha value is -0.610. The number of ether oxygens (including phenoxy) is 1. The zero-order valence-electron chi connectivity index (χ0n) is 7.32. The molecule has 0 saturated carbocycles. The van der Waals surface area contributed by atoms with Crippen molar-refractivity contribution in [1.82, 2.24) is 0 Å². The second-order valence-corrected chi connectivity index (χ2v) is 2.68. The van der Waals surface area contributed by atoms with Crippen LogP contribution in [0.3, 0.4) is 0 Å². The molecule has 0 aliphatic heterocycles. The summed E-state index contributed by atoms with van der Waals surface area (Å²) >= 11 is 0. The van der Waals surface area contributed by atoms with Gasteiger partial charge < -0.3 is 14.9 Å². The summed E-state index contributed by atoms with van der Waals surface area (Å²) in [6.45, 7) is 2.75. The highest BCUT2D eigenvalue weighted by Crippen LogP contribution is 1.94. The minimum absolute atomic E-state index is 0.117. The van der Waals surface area contributed by atoms with Crippen molar-refractivity contribution < 1.29 is 19.7 Å². The second kappa shape index (κ2) is 7.06. The highest BCUT2D eigenvalue weighted by Gasteiger charge is 2.08. The number of carboxylic acid groups (broad SMARTS) is 1. The van der Waals surface area contributed by atoms with Crippen LogP contribution in [0.25, 0.3) is 0 Å². The number of carboxylic acids is 1. The lowest BCUT2D eigenvalue weighted by molar-refractivity contribution is -0.140. The van der Waals surface area contributed by atoms with Crippen LogP contribution in [0.15, 0.2) is 0 Å². The smallest absolute Gasteiger partial charge is 0.306 e. The Morgan fingerprint density at radius 3 is 2.75 bits per heavy atom. The summed E-state index contributed by atoms with van der Waals surface area (Å²) in [7, 11) is 0. The highest BCUT2D eigenvalue weighted by molar-refractivity contribution is 5.67. The predicted octanol–water partition coefficient (Wildman–Crippen LogP) is 0.639. The van der Waals surface area contributed by atoms with Crippen molar-refractivity contribution >= 4 is 5.97 Å².